The topological polar surface area (TPSA) is 59.2 Å². The van der Waals surface area contributed by atoms with Gasteiger partial charge in [-0.1, -0.05) is 0 Å². The van der Waals surface area contributed by atoms with Gasteiger partial charge >= 0.3 is 0 Å². The van der Waals surface area contributed by atoms with Gasteiger partial charge in [-0.25, -0.2) is 4.98 Å². The van der Waals surface area contributed by atoms with Gasteiger partial charge < -0.3 is 10.6 Å². The van der Waals surface area contributed by atoms with Crippen molar-refractivity contribution in [2.45, 2.75) is 45.1 Å². The number of aryl methyl sites for hydroxylation is 2. The molecule has 7 heteroatoms. The van der Waals surface area contributed by atoms with Crippen molar-refractivity contribution in [3.05, 3.63) is 15.6 Å². The SMILES string of the molecule is Cc1nc2c(s1)C(N(C)C(=O)CCCN)CCC2.Cl.Cl. The molecule has 1 unspecified atom stereocenters. The van der Waals surface area contributed by atoms with Crippen LogP contribution in [0.25, 0.3) is 0 Å². The lowest BCUT2D eigenvalue weighted by Gasteiger charge is -2.30. The van der Waals surface area contributed by atoms with Gasteiger partial charge in [0.2, 0.25) is 5.91 Å². The van der Waals surface area contributed by atoms with Crippen LogP contribution in [0.15, 0.2) is 0 Å². The molecule has 1 aliphatic carbocycles. The van der Waals surface area contributed by atoms with Crippen LogP contribution >= 0.6 is 36.2 Å². The molecular weight excluding hydrogens is 317 g/mol. The minimum absolute atomic E-state index is 0. The van der Waals surface area contributed by atoms with Crippen LogP contribution in [0, 0.1) is 6.92 Å². The lowest BCUT2D eigenvalue weighted by atomic mass is 9.96. The molecule has 0 saturated heterocycles. The molecule has 1 atom stereocenters. The van der Waals surface area contributed by atoms with E-state index in [1.165, 1.54) is 10.6 Å². The summed E-state index contributed by atoms with van der Waals surface area (Å²) in [6, 6.07) is 0.227. The maximum absolute atomic E-state index is 12.1. The van der Waals surface area contributed by atoms with Crippen LogP contribution in [0.3, 0.4) is 0 Å². The summed E-state index contributed by atoms with van der Waals surface area (Å²) in [7, 11) is 1.91. The van der Waals surface area contributed by atoms with Gasteiger partial charge in [-0.3, -0.25) is 4.79 Å². The van der Waals surface area contributed by atoms with Gasteiger partial charge in [-0.05, 0) is 39.2 Å². The fourth-order valence-electron chi connectivity index (χ4n) is 2.49. The van der Waals surface area contributed by atoms with E-state index in [2.05, 4.69) is 4.98 Å². The lowest BCUT2D eigenvalue weighted by Crippen LogP contribution is -2.32. The Hall–Kier alpha value is -0.360. The van der Waals surface area contributed by atoms with Gasteiger partial charge in [0.25, 0.3) is 0 Å². The van der Waals surface area contributed by atoms with Crippen molar-refractivity contribution in [2.75, 3.05) is 13.6 Å². The van der Waals surface area contributed by atoms with Gasteiger partial charge in [0.1, 0.15) is 0 Å². The zero-order valence-corrected chi connectivity index (χ0v) is 14.4. The Balaban J connectivity index is 0.00000180. The minimum Gasteiger partial charge on any atom is -0.338 e. The number of hydrogen-bond acceptors (Lipinski definition) is 4. The highest BCUT2D eigenvalue weighted by Gasteiger charge is 2.29. The molecule has 1 amide bonds. The van der Waals surface area contributed by atoms with Gasteiger partial charge in [0.15, 0.2) is 0 Å². The Morgan fingerprint density at radius 2 is 2.20 bits per heavy atom. The van der Waals surface area contributed by atoms with Crippen molar-refractivity contribution in [2.24, 2.45) is 5.73 Å². The second-order valence-electron chi connectivity index (χ2n) is 4.85. The van der Waals surface area contributed by atoms with Crippen LogP contribution in [0.2, 0.25) is 0 Å². The second kappa shape index (κ2) is 8.82. The number of carbonyl (C=O) groups is 1. The third kappa shape index (κ3) is 4.32. The summed E-state index contributed by atoms with van der Waals surface area (Å²) in [4.78, 5) is 19.8. The quantitative estimate of drug-likeness (QED) is 0.917. The Morgan fingerprint density at radius 3 is 2.85 bits per heavy atom. The molecular formula is C13H23Cl2N3OS. The molecule has 1 aromatic heterocycles. The number of carbonyl (C=O) groups excluding carboxylic acids is 1. The molecule has 0 aromatic carbocycles. The first kappa shape index (κ1) is 19.6. The van der Waals surface area contributed by atoms with Crippen LogP contribution < -0.4 is 5.73 Å². The first-order valence-electron chi connectivity index (χ1n) is 6.55. The number of nitrogens with zero attached hydrogens (tertiary/aromatic N) is 2. The fourth-order valence-corrected chi connectivity index (χ4v) is 3.64. The molecule has 4 nitrogen and oxygen atoms in total. The zero-order chi connectivity index (χ0) is 13.1. The van der Waals surface area contributed by atoms with E-state index in [9.17, 15) is 4.79 Å². The van der Waals surface area contributed by atoms with E-state index in [1.807, 2.05) is 18.9 Å². The number of nitrogens with two attached hydrogens (primary N) is 1. The number of hydrogen-bond donors (Lipinski definition) is 1. The first-order valence-corrected chi connectivity index (χ1v) is 7.37. The zero-order valence-electron chi connectivity index (χ0n) is 11.9. The molecule has 0 saturated carbocycles. The largest absolute Gasteiger partial charge is 0.338 e. The summed E-state index contributed by atoms with van der Waals surface area (Å²) in [5, 5.41) is 1.11. The number of rotatable bonds is 4. The highest BCUT2D eigenvalue weighted by molar-refractivity contribution is 7.11. The summed E-state index contributed by atoms with van der Waals surface area (Å²) in [6.07, 6.45) is 4.55. The maximum Gasteiger partial charge on any atom is 0.222 e. The molecule has 2 rings (SSSR count). The number of thiazole rings is 1. The summed E-state index contributed by atoms with van der Waals surface area (Å²) in [6.45, 7) is 2.62. The van der Waals surface area contributed by atoms with Crippen molar-refractivity contribution in [3.63, 3.8) is 0 Å². The second-order valence-corrected chi connectivity index (χ2v) is 6.08. The Labute approximate surface area is 137 Å². The van der Waals surface area contributed by atoms with E-state index >= 15 is 0 Å². The summed E-state index contributed by atoms with van der Waals surface area (Å²) in [5.41, 5.74) is 6.66. The predicted octanol–water partition coefficient (Wildman–Crippen LogP) is 2.87. The Bertz CT molecular complexity index is 439. The molecule has 0 aliphatic heterocycles. The van der Waals surface area contributed by atoms with Gasteiger partial charge in [-0.15, -0.1) is 36.2 Å². The van der Waals surface area contributed by atoms with Crippen molar-refractivity contribution in [3.8, 4) is 0 Å². The van der Waals surface area contributed by atoms with Crippen LogP contribution in [0.1, 0.15) is 47.3 Å². The standard InChI is InChI=1S/C13H21N3OS.2ClH/c1-9-15-10-5-3-6-11(13(10)18-9)16(2)12(17)7-4-8-14;;/h11H,3-8,14H2,1-2H3;2*1H. The Morgan fingerprint density at radius 1 is 1.50 bits per heavy atom. The normalized spacial score (nSPS) is 16.6. The highest BCUT2D eigenvalue weighted by atomic mass is 35.5. The summed E-state index contributed by atoms with van der Waals surface area (Å²) >= 11 is 1.74. The average Bonchev–Trinajstić information content (AvgIpc) is 2.74. The van der Waals surface area contributed by atoms with Crippen LogP contribution in [0.4, 0.5) is 0 Å². The lowest BCUT2D eigenvalue weighted by molar-refractivity contribution is -0.132. The van der Waals surface area contributed by atoms with Gasteiger partial charge in [-0.2, -0.15) is 0 Å². The van der Waals surface area contributed by atoms with E-state index in [-0.39, 0.29) is 36.8 Å². The third-order valence-electron chi connectivity index (χ3n) is 3.48. The monoisotopic (exact) mass is 339 g/mol. The maximum atomic E-state index is 12.1. The Kier molecular flexibility index (Phi) is 8.66. The molecule has 0 spiro atoms. The molecule has 0 radical (unpaired) electrons. The number of halogens is 2. The molecule has 0 bridgehead atoms. The van der Waals surface area contributed by atoms with Gasteiger partial charge in [0.05, 0.1) is 21.6 Å². The van der Waals surface area contributed by atoms with Crippen LogP contribution in [-0.4, -0.2) is 29.4 Å². The van der Waals surface area contributed by atoms with E-state index < -0.39 is 0 Å². The molecule has 1 aliphatic rings. The number of aromatic nitrogens is 1. The minimum atomic E-state index is 0. The highest BCUT2D eigenvalue weighted by Crippen LogP contribution is 2.37. The fraction of sp³-hybridized carbons (Fsp3) is 0.692. The summed E-state index contributed by atoms with van der Waals surface area (Å²) in [5.74, 6) is 0.198. The molecule has 2 N–H and O–H groups in total. The predicted molar refractivity (Wildman–Crippen MR) is 88.1 cm³/mol. The molecule has 0 fully saturated rings. The molecule has 1 aromatic rings. The number of amides is 1. The number of fused-ring (bicyclic) bond motifs is 1. The third-order valence-corrected chi connectivity index (χ3v) is 4.60. The molecule has 1 heterocycles. The van der Waals surface area contributed by atoms with Crippen molar-refractivity contribution in [1.29, 1.82) is 0 Å². The average molecular weight is 340 g/mol. The van der Waals surface area contributed by atoms with E-state index in [0.717, 1.165) is 30.7 Å². The van der Waals surface area contributed by atoms with Crippen LogP contribution in [0.5, 0.6) is 0 Å². The summed E-state index contributed by atoms with van der Waals surface area (Å²) < 4.78 is 0. The molecule has 116 valence electrons. The van der Waals surface area contributed by atoms with E-state index in [1.54, 1.807) is 11.3 Å². The smallest absolute Gasteiger partial charge is 0.222 e. The van der Waals surface area contributed by atoms with Crippen molar-refractivity contribution >= 4 is 42.1 Å². The van der Waals surface area contributed by atoms with Crippen molar-refractivity contribution < 1.29 is 4.79 Å². The first-order chi connectivity index (χ1) is 8.63. The van der Waals surface area contributed by atoms with Gasteiger partial charge in [0, 0.05) is 13.5 Å². The molecule has 20 heavy (non-hydrogen) atoms. The van der Waals surface area contributed by atoms with Crippen LogP contribution in [-0.2, 0) is 11.2 Å². The van der Waals surface area contributed by atoms with E-state index in [4.69, 9.17) is 5.73 Å². The van der Waals surface area contributed by atoms with E-state index in [0.29, 0.717) is 13.0 Å². The van der Waals surface area contributed by atoms with Crippen molar-refractivity contribution in [1.82, 2.24) is 9.88 Å².